The number of esters is 8. The maximum Gasteiger partial charge on any atom is 0.349 e. The van der Waals surface area contributed by atoms with Crippen LogP contribution in [0.25, 0.3) is 0 Å². The van der Waals surface area contributed by atoms with E-state index in [-0.39, 0.29) is 0 Å². The largest absolute Gasteiger partial charge is 0.466 e. The molecule has 1 amide bonds. The number of amides is 1. The van der Waals surface area contributed by atoms with Crippen molar-refractivity contribution in [3.63, 3.8) is 0 Å². The van der Waals surface area contributed by atoms with Gasteiger partial charge in [-0.15, -0.1) is 11.8 Å². The third-order valence-electron chi connectivity index (χ3n) is 7.70. The van der Waals surface area contributed by atoms with Gasteiger partial charge in [0.25, 0.3) is 0 Å². The van der Waals surface area contributed by atoms with Crippen LogP contribution in [0.2, 0.25) is 0 Å². The van der Waals surface area contributed by atoms with Crippen molar-refractivity contribution in [2.45, 2.75) is 127 Å². The van der Waals surface area contributed by atoms with Crippen LogP contribution in [0.4, 0.5) is 0 Å². The van der Waals surface area contributed by atoms with Crippen molar-refractivity contribution >= 4 is 65.4 Å². The van der Waals surface area contributed by atoms with Crippen molar-refractivity contribution in [2.75, 3.05) is 27.4 Å². The quantitative estimate of drug-likeness (QED) is 0.151. The summed E-state index contributed by atoms with van der Waals surface area (Å²) in [5.41, 5.74) is 0. The first-order chi connectivity index (χ1) is 25.6. The van der Waals surface area contributed by atoms with Gasteiger partial charge in [-0.1, -0.05) is 0 Å². The van der Waals surface area contributed by atoms with Gasteiger partial charge in [-0.3, -0.25) is 38.4 Å². The molecule has 0 bridgehead atoms. The Hall–Kier alpha value is -4.54. The summed E-state index contributed by atoms with van der Waals surface area (Å²) in [6, 6.07) is -1.48. The lowest BCUT2D eigenvalue weighted by Crippen LogP contribution is -2.69. The Morgan fingerprint density at radius 1 is 0.727 bits per heavy atom. The van der Waals surface area contributed by atoms with E-state index in [9.17, 15) is 43.2 Å². The molecule has 0 aromatic rings. The Labute approximate surface area is 320 Å². The number of methoxy groups -OCH3 is 2. The smallest absolute Gasteiger partial charge is 0.349 e. The van der Waals surface area contributed by atoms with Gasteiger partial charge in [-0.2, -0.15) is 0 Å². The molecule has 0 aromatic heterocycles. The summed E-state index contributed by atoms with van der Waals surface area (Å²) in [6.07, 6.45) is -13.3. The van der Waals surface area contributed by atoms with Crippen LogP contribution in [0.3, 0.4) is 0 Å². The number of hydrogen-bond donors (Lipinski definition) is 1. The lowest BCUT2D eigenvalue weighted by molar-refractivity contribution is -0.270. The summed E-state index contributed by atoms with van der Waals surface area (Å²) in [7, 11) is 2.18. The number of carbonyl (C=O) groups is 9. The zero-order valence-electron chi connectivity index (χ0n) is 32.0. The van der Waals surface area contributed by atoms with Gasteiger partial charge in [-0.05, 0) is 0 Å². The average Bonchev–Trinajstić information content (AvgIpc) is 3.06. The third-order valence-corrected chi connectivity index (χ3v) is 9.35. The minimum absolute atomic E-state index is 0.536. The number of nitrogens with one attached hydrogen (secondary N) is 1. The van der Waals surface area contributed by atoms with Gasteiger partial charge in [-0.25, -0.2) is 4.79 Å². The minimum Gasteiger partial charge on any atom is -0.466 e. The molecular formula is C33H47NO20S. The second-order valence-electron chi connectivity index (χ2n) is 12.2. The van der Waals surface area contributed by atoms with Crippen molar-refractivity contribution in [1.29, 1.82) is 0 Å². The molecule has 2 rings (SSSR count). The highest BCUT2D eigenvalue weighted by Gasteiger charge is 2.62. The molecule has 0 unspecified atom stereocenters. The molecule has 0 radical (unpaired) electrons. The fourth-order valence-corrected chi connectivity index (χ4v) is 7.61. The van der Waals surface area contributed by atoms with Gasteiger partial charge in [0.2, 0.25) is 10.8 Å². The maximum absolute atomic E-state index is 14.2. The van der Waals surface area contributed by atoms with E-state index in [1.165, 1.54) is 7.11 Å². The number of rotatable bonds is 16. The molecule has 11 atom stereocenters. The summed E-state index contributed by atoms with van der Waals surface area (Å²) in [4.78, 5) is 111. The molecule has 310 valence electrons. The van der Waals surface area contributed by atoms with Crippen molar-refractivity contribution < 1.29 is 95.3 Å². The van der Waals surface area contributed by atoms with Gasteiger partial charge in [0.1, 0.15) is 31.5 Å². The Balaban J connectivity index is 3.00. The zero-order valence-corrected chi connectivity index (χ0v) is 32.8. The van der Waals surface area contributed by atoms with Crippen LogP contribution >= 0.6 is 11.8 Å². The number of thioether (sulfide) groups is 1. The van der Waals surface area contributed by atoms with E-state index in [0.29, 0.717) is 11.8 Å². The molecule has 22 heteroatoms. The SMILES string of the molecule is COC(=O)[C@@]1(S[C@H]2[C@H](OC(C)=O)[C@@H](OC(C)=O)[C@H](OC)O[C@@H]2COC(C)=O)C[C@H](OC(C)=O)[C@@H](NC(C)=O)[C@H]([C@H](OC(C)=O)[C@@H](COC(C)=O)OC(C)=O)O1. The molecule has 2 aliphatic rings. The van der Waals surface area contributed by atoms with Crippen molar-refractivity contribution in [1.82, 2.24) is 5.32 Å². The lowest BCUT2D eigenvalue weighted by atomic mass is 9.89. The molecule has 2 heterocycles. The lowest BCUT2D eigenvalue weighted by Gasteiger charge is -2.51. The molecule has 21 nitrogen and oxygen atoms in total. The van der Waals surface area contributed by atoms with E-state index in [0.717, 1.165) is 62.5 Å². The minimum atomic E-state index is -2.43. The fraction of sp³-hybridized carbons (Fsp3) is 0.727. The number of hydrogen-bond acceptors (Lipinski definition) is 21. The maximum atomic E-state index is 14.2. The van der Waals surface area contributed by atoms with Crippen LogP contribution in [0, 0.1) is 0 Å². The van der Waals surface area contributed by atoms with Gasteiger partial charge >= 0.3 is 47.8 Å². The molecule has 55 heavy (non-hydrogen) atoms. The fourth-order valence-electron chi connectivity index (χ4n) is 5.93. The monoisotopic (exact) mass is 809 g/mol. The normalized spacial score (nSPS) is 28.5. The summed E-state index contributed by atoms with van der Waals surface area (Å²) in [5, 5.41) is 1.17. The van der Waals surface area contributed by atoms with Crippen molar-refractivity contribution in [2.24, 2.45) is 0 Å². The van der Waals surface area contributed by atoms with E-state index < -0.39 is 139 Å². The number of carbonyl (C=O) groups excluding carboxylic acids is 9. The molecule has 2 saturated heterocycles. The Bertz CT molecular complexity index is 1460. The summed E-state index contributed by atoms with van der Waals surface area (Å²) < 4.78 is 61.2. The van der Waals surface area contributed by atoms with Gasteiger partial charge < -0.3 is 57.4 Å². The molecular weight excluding hydrogens is 762 g/mol. The van der Waals surface area contributed by atoms with Crippen molar-refractivity contribution in [3.05, 3.63) is 0 Å². The van der Waals surface area contributed by atoms with Crippen molar-refractivity contribution in [3.8, 4) is 0 Å². The van der Waals surface area contributed by atoms with Crippen LogP contribution < -0.4 is 5.32 Å². The van der Waals surface area contributed by atoms with E-state index in [4.69, 9.17) is 52.1 Å². The zero-order chi connectivity index (χ0) is 41.8. The third kappa shape index (κ3) is 13.6. The standard InChI is InChI=1S/C33H47NO20S/c1-14(35)34-25-22(48-17(4)38)11-33(32(43)45-10,54-27(25)26(50-19(6)40)23(49-18(5)39)12-46-15(2)36)55-30-24(13-47-16(3)37)53-31(44-9)29(52-21(8)42)28(30)51-20(7)41/h22-31H,11-13H2,1-10H3,(H,34,35)/t22-,23+,24+,25+,26+,27+,28+,29+,30+,31+,33-/m0/s1. The second-order valence-corrected chi connectivity index (χ2v) is 13.7. The Morgan fingerprint density at radius 2 is 1.29 bits per heavy atom. The van der Waals surface area contributed by atoms with E-state index in [1.807, 2.05) is 0 Å². The molecule has 1 N–H and O–H groups in total. The highest BCUT2D eigenvalue weighted by atomic mass is 32.2. The first kappa shape index (κ1) is 46.6. The van der Waals surface area contributed by atoms with Gasteiger partial charge in [0.15, 0.2) is 30.7 Å². The molecule has 2 fully saturated rings. The molecule has 0 spiro atoms. The van der Waals surface area contributed by atoms with Crippen LogP contribution in [-0.2, 0) is 95.3 Å². The Kier molecular flexibility index (Phi) is 17.8. The molecule has 0 aromatic carbocycles. The summed E-state index contributed by atoms with van der Waals surface area (Å²) in [5.74, 6) is -8.07. The Morgan fingerprint density at radius 3 is 1.76 bits per heavy atom. The van der Waals surface area contributed by atoms with Crippen LogP contribution in [0.5, 0.6) is 0 Å². The van der Waals surface area contributed by atoms with Crippen LogP contribution in [0.15, 0.2) is 0 Å². The van der Waals surface area contributed by atoms with Crippen LogP contribution in [-0.4, -0.2) is 146 Å². The molecule has 0 saturated carbocycles. The second kappa shape index (κ2) is 20.9. The predicted molar refractivity (Wildman–Crippen MR) is 180 cm³/mol. The predicted octanol–water partition coefficient (Wildman–Crippen LogP) is -0.593. The molecule has 0 aliphatic carbocycles. The van der Waals surface area contributed by atoms with Crippen LogP contribution in [0.1, 0.15) is 61.8 Å². The number of ether oxygens (including phenoxy) is 11. The van der Waals surface area contributed by atoms with E-state index >= 15 is 0 Å². The first-order valence-electron chi connectivity index (χ1n) is 16.7. The summed E-state index contributed by atoms with van der Waals surface area (Å²) >= 11 is 0.536. The van der Waals surface area contributed by atoms with E-state index in [2.05, 4.69) is 5.32 Å². The average molecular weight is 810 g/mol. The van der Waals surface area contributed by atoms with Gasteiger partial charge in [0.05, 0.1) is 18.4 Å². The molecule has 2 aliphatic heterocycles. The van der Waals surface area contributed by atoms with Gasteiger partial charge in [0, 0.05) is 68.9 Å². The summed E-state index contributed by atoms with van der Waals surface area (Å²) in [6.45, 7) is 7.10. The first-order valence-corrected chi connectivity index (χ1v) is 17.5. The van der Waals surface area contributed by atoms with E-state index in [1.54, 1.807) is 0 Å². The highest BCUT2D eigenvalue weighted by Crippen LogP contribution is 2.48. The highest BCUT2D eigenvalue weighted by molar-refractivity contribution is 8.01. The topological polar surface area (TPSA) is 267 Å².